The Labute approximate surface area is 190 Å². The maximum absolute atomic E-state index is 12.3. The molecule has 1 amide bonds. The molecule has 3 aromatic rings. The molecule has 3 rings (SSSR count). The molecule has 0 atom stereocenters. The number of carbonyl (C=O) groups excluding carboxylic acids is 2. The number of rotatable bonds is 9. The second-order valence-corrected chi connectivity index (χ2v) is 8.19. The van der Waals surface area contributed by atoms with Crippen LogP contribution in [0.25, 0.3) is 0 Å². The van der Waals surface area contributed by atoms with E-state index in [-0.39, 0.29) is 24.1 Å². The molecular weight excluding hydrogens is 436 g/mol. The summed E-state index contributed by atoms with van der Waals surface area (Å²) >= 11 is 7.29. The standard InChI is InChI=1S/C22H23ClN4O3S/c1-4-27-20(12-30-19-10-7-17(23)11-14(19)2)25-26-22(27)31-13-21(29)24-18-8-5-16(6-9-18)15(3)28/h5-11H,4,12-13H2,1-3H3,(H,24,29). The quantitative estimate of drug-likeness (QED) is 0.367. The number of halogens is 1. The highest BCUT2D eigenvalue weighted by Gasteiger charge is 2.14. The summed E-state index contributed by atoms with van der Waals surface area (Å²) < 4.78 is 7.79. The number of ketones is 1. The molecule has 162 valence electrons. The normalized spacial score (nSPS) is 10.7. The number of anilines is 1. The Morgan fingerprint density at radius 3 is 2.55 bits per heavy atom. The zero-order chi connectivity index (χ0) is 22.4. The number of carbonyl (C=O) groups is 2. The molecule has 0 spiro atoms. The molecule has 9 heteroatoms. The topological polar surface area (TPSA) is 86.1 Å². The third-order valence-electron chi connectivity index (χ3n) is 4.51. The fraction of sp³-hybridized carbons (Fsp3) is 0.273. The molecule has 31 heavy (non-hydrogen) atoms. The van der Waals surface area contributed by atoms with Crippen LogP contribution in [0.15, 0.2) is 47.6 Å². The minimum atomic E-state index is -0.166. The van der Waals surface area contributed by atoms with Crippen LogP contribution >= 0.6 is 23.4 Å². The minimum Gasteiger partial charge on any atom is -0.485 e. The SMILES string of the molecule is CCn1c(COc2ccc(Cl)cc2C)nnc1SCC(=O)Nc1ccc(C(C)=O)cc1. The van der Waals surface area contributed by atoms with E-state index in [0.717, 1.165) is 11.3 Å². The predicted molar refractivity (Wildman–Crippen MR) is 122 cm³/mol. The number of nitrogens with one attached hydrogen (secondary N) is 1. The van der Waals surface area contributed by atoms with Gasteiger partial charge in [-0.3, -0.25) is 9.59 Å². The molecule has 7 nitrogen and oxygen atoms in total. The number of hydrogen-bond donors (Lipinski definition) is 1. The number of aromatic nitrogens is 3. The van der Waals surface area contributed by atoms with Gasteiger partial charge in [-0.15, -0.1) is 10.2 Å². The lowest BCUT2D eigenvalue weighted by molar-refractivity contribution is -0.113. The van der Waals surface area contributed by atoms with E-state index in [4.69, 9.17) is 16.3 Å². The number of thioether (sulfide) groups is 1. The monoisotopic (exact) mass is 458 g/mol. The average molecular weight is 459 g/mol. The minimum absolute atomic E-state index is 0.0154. The first-order valence-corrected chi connectivity index (χ1v) is 11.1. The third kappa shape index (κ3) is 6.08. The van der Waals surface area contributed by atoms with Crippen LogP contribution in [-0.2, 0) is 17.9 Å². The molecule has 0 aliphatic carbocycles. The predicted octanol–water partition coefficient (Wildman–Crippen LogP) is 4.77. The van der Waals surface area contributed by atoms with Gasteiger partial charge in [-0.2, -0.15) is 0 Å². The van der Waals surface area contributed by atoms with Gasteiger partial charge in [-0.1, -0.05) is 23.4 Å². The van der Waals surface area contributed by atoms with Crippen molar-refractivity contribution in [1.29, 1.82) is 0 Å². The molecule has 1 N–H and O–H groups in total. The molecular formula is C22H23ClN4O3S. The smallest absolute Gasteiger partial charge is 0.234 e. The van der Waals surface area contributed by atoms with Gasteiger partial charge in [0.15, 0.2) is 16.8 Å². The summed E-state index contributed by atoms with van der Waals surface area (Å²) in [5.74, 6) is 1.42. The summed E-state index contributed by atoms with van der Waals surface area (Å²) in [6, 6.07) is 12.2. The van der Waals surface area contributed by atoms with Gasteiger partial charge >= 0.3 is 0 Å². The highest BCUT2D eigenvalue weighted by molar-refractivity contribution is 7.99. The Morgan fingerprint density at radius 2 is 1.90 bits per heavy atom. The molecule has 0 radical (unpaired) electrons. The molecule has 0 saturated carbocycles. The van der Waals surface area contributed by atoms with E-state index in [0.29, 0.717) is 33.8 Å². The lowest BCUT2D eigenvalue weighted by Gasteiger charge is -2.11. The van der Waals surface area contributed by atoms with Crippen molar-refractivity contribution >= 4 is 40.7 Å². The van der Waals surface area contributed by atoms with Crippen LogP contribution in [-0.4, -0.2) is 32.2 Å². The molecule has 0 aliphatic heterocycles. The van der Waals surface area contributed by atoms with E-state index in [1.807, 2.05) is 30.5 Å². The van der Waals surface area contributed by atoms with Gasteiger partial charge in [-0.25, -0.2) is 0 Å². The molecule has 0 aliphatic rings. The van der Waals surface area contributed by atoms with E-state index < -0.39 is 0 Å². The highest BCUT2D eigenvalue weighted by Crippen LogP contribution is 2.24. The lowest BCUT2D eigenvalue weighted by atomic mass is 10.1. The Bertz CT molecular complexity index is 1080. The van der Waals surface area contributed by atoms with Crippen LogP contribution in [0.5, 0.6) is 5.75 Å². The number of benzene rings is 2. The second kappa shape index (κ2) is 10.5. The molecule has 0 fully saturated rings. The maximum Gasteiger partial charge on any atom is 0.234 e. The number of amides is 1. The first-order valence-electron chi connectivity index (χ1n) is 9.72. The molecule has 0 bridgehead atoms. The molecule has 2 aromatic carbocycles. The maximum atomic E-state index is 12.3. The van der Waals surface area contributed by atoms with E-state index in [9.17, 15) is 9.59 Å². The number of aryl methyl sites for hydroxylation is 1. The first-order chi connectivity index (χ1) is 14.9. The molecule has 1 aromatic heterocycles. The van der Waals surface area contributed by atoms with E-state index in [2.05, 4.69) is 15.5 Å². The van der Waals surface area contributed by atoms with Crippen molar-refractivity contribution in [2.75, 3.05) is 11.1 Å². The zero-order valence-electron chi connectivity index (χ0n) is 17.5. The van der Waals surface area contributed by atoms with Gasteiger partial charge in [0.05, 0.1) is 5.75 Å². The van der Waals surface area contributed by atoms with E-state index in [1.165, 1.54) is 18.7 Å². The third-order valence-corrected chi connectivity index (χ3v) is 5.71. The van der Waals surface area contributed by atoms with Crippen LogP contribution in [0.2, 0.25) is 5.02 Å². The number of nitrogens with zero attached hydrogens (tertiary/aromatic N) is 3. The lowest BCUT2D eigenvalue weighted by Crippen LogP contribution is -2.15. The average Bonchev–Trinajstić information content (AvgIpc) is 3.14. The van der Waals surface area contributed by atoms with Gasteiger partial charge in [0.25, 0.3) is 0 Å². The molecule has 0 unspecified atom stereocenters. The van der Waals surface area contributed by atoms with Crippen molar-refractivity contribution < 1.29 is 14.3 Å². The summed E-state index contributed by atoms with van der Waals surface area (Å²) in [6.45, 7) is 6.34. The largest absolute Gasteiger partial charge is 0.485 e. The van der Waals surface area contributed by atoms with Gasteiger partial charge in [-0.05, 0) is 68.8 Å². The first kappa shape index (κ1) is 22.8. The van der Waals surface area contributed by atoms with Crippen molar-refractivity contribution in [2.24, 2.45) is 0 Å². The van der Waals surface area contributed by atoms with Crippen LogP contribution in [0.1, 0.15) is 35.6 Å². The number of ether oxygens (including phenoxy) is 1. The van der Waals surface area contributed by atoms with Gasteiger partial charge < -0.3 is 14.6 Å². The van der Waals surface area contributed by atoms with Crippen molar-refractivity contribution in [1.82, 2.24) is 14.8 Å². The number of hydrogen-bond acceptors (Lipinski definition) is 6. The highest BCUT2D eigenvalue weighted by atomic mass is 35.5. The van der Waals surface area contributed by atoms with Crippen molar-refractivity contribution in [3.05, 3.63) is 64.4 Å². The Morgan fingerprint density at radius 1 is 1.16 bits per heavy atom. The van der Waals surface area contributed by atoms with Crippen LogP contribution in [0.4, 0.5) is 5.69 Å². The van der Waals surface area contributed by atoms with E-state index in [1.54, 1.807) is 30.3 Å². The van der Waals surface area contributed by atoms with E-state index >= 15 is 0 Å². The summed E-state index contributed by atoms with van der Waals surface area (Å²) in [5.41, 5.74) is 2.18. The van der Waals surface area contributed by atoms with Crippen molar-refractivity contribution in [2.45, 2.75) is 39.1 Å². The van der Waals surface area contributed by atoms with Gasteiger partial charge in [0.2, 0.25) is 5.91 Å². The Hall–Kier alpha value is -2.84. The fourth-order valence-electron chi connectivity index (χ4n) is 2.88. The Kier molecular flexibility index (Phi) is 7.70. The molecule has 0 saturated heterocycles. The second-order valence-electron chi connectivity index (χ2n) is 6.81. The Balaban J connectivity index is 1.57. The van der Waals surface area contributed by atoms with Gasteiger partial charge in [0.1, 0.15) is 12.4 Å². The van der Waals surface area contributed by atoms with Gasteiger partial charge in [0, 0.05) is 22.8 Å². The van der Waals surface area contributed by atoms with Crippen molar-refractivity contribution in [3.63, 3.8) is 0 Å². The van der Waals surface area contributed by atoms with Crippen LogP contribution in [0.3, 0.4) is 0 Å². The number of Topliss-reactive ketones (excluding diaryl/α,β-unsaturated/α-hetero) is 1. The van der Waals surface area contributed by atoms with Crippen molar-refractivity contribution in [3.8, 4) is 5.75 Å². The zero-order valence-corrected chi connectivity index (χ0v) is 19.1. The molecule has 1 heterocycles. The summed E-state index contributed by atoms with van der Waals surface area (Å²) in [6.07, 6.45) is 0. The summed E-state index contributed by atoms with van der Waals surface area (Å²) in [4.78, 5) is 23.6. The summed E-state index contributed by atoms with van der Waals surface area (Å²) in [5, 5.41) is 12.5. The van der Waals surface area contributed by atoms with Crippen LogP contribution < -0.4 is 10.1 Å². The fourth-order valence-corrected chi connectivity index (χ4v) is 3.93. The van der Waals surface area contributed by atoms with Crippen LogP contribution in [0, 0.1) is 6.92 Å². The summed E-state index contributed by atoms with van der Waals surface area (Å²) in [7, 11) is 0.